The standard InChI is InChI=1S/C12H17Br2N3O2S/c1-12(2,3)19-11(18)17-6-4-16(5-7-17)10-15-8(13)9(14)20-10/h4-7H2,1-3H3. The second-order valence-electron chi connectivity index (χ2n) is 5.52. The van der Waals surface area contributed by atoms with Crippen LogP contribution in [0.15, 0.2) is 8.39 Å². The van der Waals surface area contributed by atoms with E-state index in [1.54, 1.807) is 16.2 Å². The van der Waals surface area contributed by atoms with Gasteiger partial charge in [0, 0.05) is 26.2 Å². The van der Waals surface area contributed by atoms with E-state index in [4.69, 9.17) is 4.74 Å². The van der Waals surface area contributed by atoms with Gasteiger partial charge in [-0.15, -0.1) is 0 Å². The molecular formula is C12H17Br2N3O2S. The molecule has 0 spiro atoms. The van der Waals surface area contributed by atoms with Crippen molar-refractivity contribution in [3.8, 4) is 0 Å². The Kier molecular flexibility index (Phi) is 4.96. The van der Waals surface area contributed by atoms with Crippen molar-refractivity contribution in [2.45, 2.75) is 26.4 Å². The molecule has 0 N–H and O–H groups in total. The number of hydrogen-bond donors (Lipinski definition) is 0. The van der Waals surface area contributed by atoms with E-state index in [9.17, 15) is 4.79 Å². The van der Waals surface area contributed by atoms with Gasteiger partial charge in [0.2, 0.25) is 0 Å². The predicted octanol–water partition coefficient (Wildman–Crippen LogP) is 3.73. The topological polar surface area (TPSA) is 45.7 Å². The van der Waals surface area contributed by atoms with Crippen LogP contribution in [-0.4, -0.2) is 47.8 Å². The fraction of sp³-hybridized carbons (Fsp3) is 0.667. The summed E-state index contributed by atoms with van der Waals surface area (Å²) in [6, 6.07) is 0. The van der Waals surface area contributed by atoms with Gasteiger partial charge in [-0.25, -0.2) is 9.78 Å². The molecule has 20 heavy (non-hydrogen) atoms. The van der Waals surface area contributed by atoms with E-state index in [2.05, 4.69) is 41.7 Å². The summed E-state index contributed by atoms with van der Waals surface area (Å²) in [5.41, 5.74) is -0.445. The Morgan fingerprint density at radius 2 is 1.85 bits per heavy atom. The molecule has 1 saturated heterocycles. The minimum Gasteiger partial charge on any atom is -0.444 e. The average Bonchev–Trinajstić information content (AvgIpc) is 2.68. The number of hydrogen-bond acceptors (Lipinski definition) is 5. The molecule has 1 aliphatic heterocycles. The number of carbonyl (C=O) groups is 1. The van der Waals surface area contributed by atoms with Gasteiger partial charge in [0.25, 0.3) is 0 Å². The monoisotopic (exact) mass is 425 g/mol. The van der Waals surface area contributed by atoms with Gasteiger partial charge in [-0.05, 0) is 52.6 Å². The van der Waals surface area contributed by atoms with Crippen molar-refractivity contribution in [1.29, 1.82) is 0 Å². The van der Waals surface area contributed by atoms with Gasteiger partial charge in [0.05, 0.1) is 0 Å². The lowest BCUT2D eigenvalue weighted by atomic mass is 10.2. The molecule has 1 aromatic heterocycles. The molecule has 0 aliphatic carbocycles. The molecule has 2 heterocycles. The summed E-state index contributed by atoms with van der Waals surface area (Å²) in [6.07, 6.45) is -0.237. The van der Waals surface area contributed by atoms with Crippen LogP contribution in [0.3, 0.4) is 0 Å². The van der Waals surface area contributed by atoms with E-state index < -0.39 is 5.60 Å². The highest BCUT2D eigenvalue weighted by molar-refractivity contribution is 9.13. The molecule has 1 aromatic rings. The van der Waals surface area contributed by atoms with Crippen molar-refractivity contribution in [1.82, 2.24) is 9.88 Å². The number of anilines is 1. The van der Waals surface area contributed by atoms with Crippen molar-refractivity contribution in [3.05, 3.63) is 8.39 Å². The highest BCUT2D eigenvalue weighted by Crippen LogP contribution is 2.34. The van der Waals surface area contributed by atoms with Crippen LogP contribution < -0.4 is 4.90 Å². The summed E-state index contributed by atoms with van der Waals surface area (Å²) in [4.78, 5) is 20.3. The summed E-state index contributed by atoms with van der Waals surface area (Å²) in [5, 5.41) is 0.965. The predicted molar refractivity (Wildman–Crippen MR) is 87.5 cm³/mol. The molecule has 0 bridgehead atoms. The Labute approximate surface area is 139 Å². The summed E-state index contributed by atoms with van der Waals surface area (Å²) < 4.78 is 7.20. The van der Waals surface area contributed by atoms with Crippen LogP contribution in [0.1, 0.15) is 20.8 Å². The van der Waals surface area contributed by atoms with E-state index in [0.29, 0.717) is 13.1 Å². The molecule has 0 aromatic carbocycles. The maximum absolute atomic E-state index is 12.0. The average molecular weight is 427 g/mol. The van der Waals surface area contributed by atoms with Gasteiger partial charge in [-0.2, -0.15) is 0 Å². The Morgan fingerprint density at radius 3 is 2.30 bits per heavy atom. The van der Waals surface area contributed by atoms with Gasteiger partial charge in [0.1, 0.15) is 14.0 Å². The first kappa shape index (κ1) is 16.0. The van der Waals surface area contributed by atoms with Gasteiger partial charge in [-0.3, -0.25) is 0 Å². The fourth-order valence-electron chi connectivity index (χ4n) is 1.82. The Bertz CT molecular complexity index is 474. The van der Waals surface area contributed by atoms with Crippen molar-refractivity contribution in [3.63, 3.8) is 0 Å². The van der Waals surface area contributed by atoms with Crippen molar-refractivity contribution < 1.29 is 9.53 Å². The third-order valence-electron chi connectivity index (χ3n) is 2.74. The summed E-state index contributed by atoms with van der Waals surface area (Å²) in [7, 11) is 0. The molecule has 0 atom stereocenters. The first-order chi connectivity index (χ1) is 9.26. The molecule has 0 unspecified atom stereocenters. The highest BCUT2D eigenvalue weighted by atomic mass is 79.9. The second kappa shape index (κ2) is 6.19. The maximum atomic E-state index is 12.0. The van der Waals surface area contributed by atoms with E-state index in [1.165, 1.54) is 0 Å². The highest BCUT2D eigenvalue weighted by Gasteiger charge is 2.27. The number of rotatable bonds is 1. The molecule has 0 saturated carbocycles. The number of ether oxygens (including phenoxy) is 1. The Hall–Kier alpha value is -0.340. The SMILES string of the molecule is CC(C)(C)OC(=O)N1CCN(c2nc(Br)c(Br)s2)CC1. The first-order valence-corrected chi connectivity index (χ1v) is 8.71. The van der Waals surface area contributed by atoms with Crippen LogP contribution in [0.25, 0.3) is 0 Å². The summed E-state index contributed by atoms with van der Waals surface area (Å²) >= 11 is 8.43. The first-order valence-electron chi connectivity index (χ1n) is 6.31. The van der Waals surface area contributed by atoms with Crippen molar-refractivity contribution in [2.75, 3.05) is 31.1 Å². The van der Waals surface area contributed by atoms with E-state index in [-0.39, 0.29) is 6.09 Å². The maximum Gasteiger partial charge on any atom is 0.410 e. The van der Waals surface area contributed by atoms with Crippen molar-refractivity contribution in [2.24, 2.45) is 0 Å². The lowest BCUT2D eigenvalue weighted by molar-refractivity contribution is 0.0240. The van der Waals surface area contributed by atoms with Gasteiger partial charge in [0.15, 0.2) is 5.13 Å². The third kappa shape index (κ3) is 4.08. The summed E-state index contributed by atoms with van der Waals surface area (Å²) in [5.74, 6) is 0. The molecule has 8 heteroatoms. The number of amides is 1. The lowest BCUT2D eigenvalue weighted by Crippen LogP contribution is -2.50. The van der Waals surface area contributed by atoms with E-state index >= 15 is 0 Å². The molecule has 1 aliphatic rings. The zero-order valence-corrected chi connectivity index (χ0v) is 15.6. The van der Waals surface area contributed by atoms with Gasteiger partial charge >= 0.3 is 6.09 Å². The van der Waals surface area contributed by atoms with Crippen LogP contribution in [0, 0.1) is 0 Å². The zero-order valence-electron chi connectivity index (χ0n) is 11.7. The number of carbonyl (C=O) groups excluding carboxylic acids is 1. The second-order valence-corrected chi connectivity index (χ2v) is 8.56. The van der Waals surface area contributed by atoms with Crippen LogP contribution in [0.2, 0.25) is 0 Å². The molecule has 1 fully saturated rings. The fourth-order valence-corrected chi connectivity index (χ4v) is 3.60. The van der Waals surface area contributed by atoms with Crippen LogP contribution in [0.5, 0.6) is 0 Å². The summed E-state index contributed by atoms with van der Waals surface area (Å²) in [6.45, 7) is 8.49. The number of aromatic nitrogens is 1. The minimum absolute atomic E-state index is 0.237. The van der Waals surface area contributed by atoms with E-state index in [1.807, 2.05) is 20.8 Å². The molecule has 112 valence electrons. The normalized spacial score (nSPS) is 16.4. The lowest BCUT2D eigenvalue weighted by Gasteiger charge is -2.35. The Balaban J connectivity index is 1.91. The number of thiazole rings is 1. The molecule has 0 radical (unpaired) electrons. The van der Waals surface area contributed by atoms with Gasteiger partial charge in [-0.1, -0.05) is 11.3 Å². The smallest absolute Gasteiger partial charge is 0.410 e. The molecule has 2 rings (SSSR count). The van der Waals surface area contributed by atoms with Crippen LogP contribution in [0.4, 0.5) is 9.93 Å². The zero-order chi connectivity index (χ0) is 14.9. The molecular weight excluding hydrogens is 410 g/mol. The Morgan fingerprint density at radius 1 is 1.25 bits per heavy atom. The quantitative estimate of drug-likeness (QED) is 0.686. The van der Waals surface area contributed by atoms with Gasteiger partial charge < -0.3 is 14.5 Å². The largest absolute Gasteiger partial charge is 0.444 e. The molecule has 1 amide bonds. The minimum atomic E-state index is -0.445. The number of halogens is 2. The van der Waals surface area contributed by atoms with Crippen molar-refractivity contribution >= 4 is 54.4 Å². The van der Waals surface area contributed by atoms with Crippen LogP contribution >= 0.6 is 43.2 Å². The van der Waals surface area contributed by atoms with Crippen LogP contribution in [-0.2, 0) is 4.74 Å². The number of nitrogens with zero attached hydrogens (tertiary/aromatic N) is 3. The number of piperazine rings is 1. The molecule has 5 nitrogen and oxygen atoms in total. The third-order valence-corrected chi connectivity index (χ3v) is 5.87. The van der Waals surface area contributed by atoms with E-state index in [0.717, 1.165) is 26.6 Å².